The third-order valence-corrected chi connectivity index (χ3v) is 2.34. The van der Waals surface area contributed by atoms with Crippen LogP contribution in [0.2, 0.25) is 0 Å². The van der Waals surface area contributed by atoms with Crippen LogP contribution < -0.4 is 18.7 Å². The molecule has 6 heteroatoms. The van der Waals surface area contributed by atoms with Crippen LogP contribution in [0.25, 0.3) is 0 Å². The Hall–Kier alpha value is -2.00. The second kappa shape index (κ2) is 5.19. The number of hydrogen-bond donors (Lipinski definition) is 0. The number of rotatable bonds is 4. The Kier molecular flexibility index (Phi) is 3.41. The van der Waals surface area contributed by atoms with E-state index in [0.717, 1.165) is 0 Å². The Labute approximate surface area is 93.4 Å². The van der Waals surface area contributed by atoms with E-state index in [1.54, 1.807) is 49.1 Å². The smallest absolute Gasteiger partial charge is 0.0500 e. The van der Waals surface area contributed by atoms with Gasteiger partial charge in [-0.25, -0.2) is 0 Å². The van der Waals surface area contributed by atoms with E-state index in [4.69, 9.17) is 9.25 Å². The molecule has 0 aliphatic heterocycles. The summed E-state index contributed by atoms with van der Waals surface area (Å²) in [6.45, 7) is 0. The molecular weight excluding hydrogens is 227 g/mol. The van der Waals surface area contributed by atoms with Gasteiger partial charge in [0.2, 0.25) is 24.8 Å². The van der Waals surface area contributed by atoms with E-state index in [2.05, 4.69) is 0 Å². The van der Waals surface area contributed by atoms with Crippen LogP contribution in [-0.2, 0) is 4.57 Å². The Bertz CT molecular complexity index is 421. The van der Waals surface area contributed by atoms with Crippen LogP contribution in [0.4, 0.5) is 0 Å². The fourth-order valence-electron chi connectivity index (χ4n) is 1.04. The highest BCUT2D eigenvalue weighted by Gasteiger charge is 2.36. The van der Waals surface area contributed by atoms with Gasteiger partial charge in [-0.1, -0.05) is 12.1 Å². The molecule has 0 radical (unpaired) electrons. The third-order valence-electron chi connectivity index (χ3n) is 1.70. The minimum atomic E-state index is -2.26. The fourth-order valence-corrected chi connectivity index (χ4v) is 1.60. The molecule has 2 aromatic heterocycles. The van der Waals surface area contributed by atoms with Gasteiger partial charge < -0.3 is 0 Å². The molecule has 0 saturated carbocycles. The van der Waals surface area contributed by atoms with Crippen molar-refractivity contribution in [3.05, 3.63) is 61.2 Å². The molecule has 2 aromatic rings. The molecule has 0 amide bonds. The first-order valence-corrected chi connectivity index (χ1v) is 5.71. The summed E-state index contributed by atoms with van der Waals surface area (Å²) < 4.78 is 24.1. The summed E-state index contributed by atoms with van der Waals surface area (Å²) in [6, 6.07) is 10.7. The molecular formula is C10H10N2O3P+3. The summed E-state index contributed by atoms with van der Waals surface area (Å²) >= 11 is 0. The standard InChI is InChI=1S/C10H10N2O3P/c13-16(14-11-7-3-1-4-8-11)15-12-9-5-2-6-10-12/h1-10H/q+3. The summed E-state index contributed by atoms with van der Waals surface area (Å²) in [5, 5.41) is 0. The van der Waals surface area contributed by atoms with Crippen molar-refractivity contribution in [3.63, 3.8) is 0 Å². The second-order valence-corrected chi connectivity index (χ2v) is 3.63. The van der Waals surface area contributed by atoms with Crippen LogP contribution in [0, 0.1) is 0 Å². The maximum absolute atomic E-state index is 11.4. The van der Waals surface area contributed by atoms with Gasteiger partial charge in [-0.2, -0.15) is 0 Å². The van der Waals surface area contributed by atoms with E-state index in [0.29, 0.717) is 0 Å². The monoisotopic (exact) mass is 237 g/mol. The Balaban J connectivity index is 1.95. The zero-order valence-corrected chi connectivity index (χ0v) is 9.23. The lowest BCUT2D eigenvalue weighted by molar-refractivity contribution is -0.883. The van der Waals surface area contributed by atoms with Crippen molar-refractivity contribution in [2.75, 3.05) is 0 Å². The van der Waals surface area contributed by atoms with Gasteiger partial charge >= 0.3 is 8.25 Å². The molecule has 80 valence electrons. The van der Waals surface area contributed by atoms with Crippen molar-refractivity contribution >= 4 is 8.25 Å². The highest BCUT2D eigenvalue weighted by atomic mass is 31.1. The van der Waals surface area contributed by atoms with E-state index in [-0.39, 0.29) is 0 Å². The molecule has 5 nitrogen and oxygen atoms in total. The van der Waals surface area contributed by atoms with Crippen LogP contribution in [-0.4, -0.2) is 0 Å². The van der Waals surface area contributed by atoms with E-state index < -0.39 is 8.25 Å². The highest BCUT2D eigenvalue weighted by molar-refractivity contribution is 7.33. The Morgan fingerprint density at radius 3 is 1.44 bits per heavy atom. The number of aromatic nitrogens is 2. The summed E-state index contributed by atoms with van der Waals surface area (Å²) in [5.74, 6) is 0. The number of nitrogens with zero attached hydrogens (tertiary/aromatic N) is 2. The van der Waals surface area contributed by atoms with Crippen molar-refractivity contribution in [1.82, 2.24) is 0 Å². The fraction of sp³-hybridized carbons (Fsp3) is 0. The second-order valence-electron chi connectivity index (χ2n) is 2.86. The first kappa shape index (κ1) is 10.5. The summed E-state index contributed by atoms with van der Waals surface area (Å²) in [5.41, 5.74) is 0. The lowest BCUT2D eigenvalue weighted by Crippen LogP contribution is -2.44. The van der Waals surface area contributed by atoms with Gasteiger partial charge in [0.05, 0.1) is 9.46 Å². The van der Waals surface area contributed by atoms with Crippen molar-refractivity contribution in [2.45, 2.75) is 0 Å². The maximum Gasteiger partial charge on any atom is 0.927 e. The van der Waals surface area contributed by atoms with Gasteiger partial charge in [-0.05, 0) is 0 Å². The molecule has 0 N–H and O–H groups in total. The molecule has 0 spiro atoms. The predicted octanol–water partition coefficient (Wildman–Crippen LogP) is 0.476. The van der Waals surface area contributed by atoms with E-state index >= 15 is 0 Å². The molecule has 0 atom stereocenters. The van der Waals surface area contributed by atoms with Crippen LogP contribution in [0.5, 0.6) is 0 Å². The van der Waals surface area contributed by atoms with Crippen molar-refractivity contribution in [2.24, 2.45) is 0 Å². The summed E-state index contributed by atoms with van der Waals surface area (Å²) in [7, 11) is -2.26. The van der Waals surface area contributed by atoms with Crippen LogP contribution in [0.15, 0.2) is 61.2 Å². The normalized spacial score (nSPS) is 9.50. The van der Waals surface area contributed by atoms with E-state index in [9.17, 15) is 4.57 Å². The maximum atomic E-state index is 11.4. The first-order valence-electron chi connectivity index (χ1n) is 4.61. The molecule has 0 bridgehead atoms. The largest absolute Gasteiger partial charge is 0.927 e. The van der Waals surface area contributed by atoms with Gasteiger partial charge in [-0.3, -0.25) is 0 Å². The molecule has 0 saturated heterocycles. The highest BCUT2D eigenvalue weighted by Crippen LogP contribution is 2.08. The lowest BCUT2D eigenvalue weighted by Gasteiger charge is -1.82. The van der Waals surface area contributed by atoms with Gasteiger partial charge in [0.15, 0.2) is 0 Å². The molecule has 2 heterocycles. The predicted molar refractivity (Wildman–Crippen MR) is 54.0 cm³/mol. The third kappa shape index (κ3) is 3.00. The topological polar surface area (TPSA) is 43.3 Å². The molecule has 0 fully saturated rings. The average molecular weight is 237 g/mol. The minimum Gasteiger partial charge on any atom is -0.0500 e. The molecule has 2 rings (SSSR count). The minimum absolute atomic E-state index is 1.32. The van der Waals surface area contributed by atoms with Crippen LogP contribution >= 0.6 is 8.25 Å². The van der Waals surface area contributed by atoms with E-state index in [1.807, 2.05) is 12.1 Å². The zero-order chi connectivity index (χ0) is 11.2. The molecule has 0 aromatic carbocycles. The van der Waals surface area contributed by atoms with Crippen molar-refractivity contribution in [1.29, 1.82) is 0 Å². The lowest BCUT2D eigenvalue weighted by atomic mass is 10.5. The van der Waals surface area contributed by atoms with Crippen molar-refractivity contribution < 1.29 is 23.3 Å². The summed E-state index contributed by atoms with van der Waals surface area (Å²) in [6.07, 6.45) is 6.52. The average Bonchev–Trinajstić information content (AvgIpc) is 2.31. The molecule has 0 unspecified atom stereocenters. The molecule has 0 aliphatic carbocycles. The molecule has 0 aliphatic rings. The first-order chi connectivity index (χ1) is 7.84. The number of pyridine rings is 2. The van der Waals surface area contributed by atoms with Crippen LogP contribution in [0.3, 0.4) is 0 Å². The Morgan fingerprint density at radius 1 is 0.688 bits per heavy atom. The Morgan fingerprint density at radius 2 is 1.06 bits per heavy atom. The molecule has 16 heavy (non-hydrogen) atoms. The van der Waals surface area contributed by atoms with Gasteiger partial charge in [-0.15, -0.1) is 0 Å². The van der Waals surface area contributed by atoms with Gasteiger partial charge in [0, 0.05) is 38.1 Å². The SMILES string of the molecule is O=[P+](O[n+]1ccccc1)O[n+]1ccccc1. The van der Waals surface area contributed by atoms with Gasteiger partial charge in [0.25, 0.3) is 0 Å². The van der Waals surface area contributed by atoms with Crippen molar-refractivity contribution in [3.8, 4) is 0 Å². The zero-order valence-electron chi connectivity index (χ0n) is 8.34. The number of hydrogen-bond acceptors (Lipinski definition) is 3. The quantitative estimate of drug-likeness (QED) is 0.573. The summed E-state index contributed by atoms with van der Waals surface area (Å²) in [4.78, 5) is 0. The van der Waals surface area contributed by atoms with E-state index in [1.165, 1.54) is 9.46 Å². The van der Waals surface area contributed by atoms with Crippen LogP contribution in [0.1, 0.15) is 0 Å². The van der Waals surface area contributed by atoms with Gasteiger partial charge in [0.1, 0.15) is 0 Å².